The number of carboxylic acids is 1. The van der Waals surface area contributed by atoms with Gasteiger partial charge in [-0.3, -0.25) is 24.0 Å². The maximum atomic E-state index is 14.9. The standard InChI is InChI=1S/C60H57N5O9/c66-48-29-20-42(21-30-48)37-54(60(72)73)65-59(71)53-36-43-22-31-49(32-23-43)74-38-55(67)61-51(34-40-16-25-46(26-17-40)44-12-6-2-7-13-44)57(69)64-52(35-41-18-27-47(28-19-41)45-14-8-3-9-15-45)58(70)62-50(56(68)63-53)33-24-39-10-4-1-5-11-39/h1-23,25-32,50-54,66H,24,33-38H2,(H,61,67)(H,62,70)(H,63,68)(H,64,69)(H,65,71)(H,72,73)/t50-,51-,52+,53-,54-/m0/s1. The molecule has 2 aliphatic heterocycles. The molecule has 2 aliphatic rings. The number of ether oxygens (including phenoxy) is 1. The Morgan fingerprint density at radius 2 is 1.00 bits per heavy atom. The molecule has 0 aromatic heterocycles. The van der Waals surface area contributed by atoms with Gasteiger partial charge in [0.05, 0.1) is 0 Å². The summed E-state index contributed by atoms with van der Waals surface area (Å²) >= 11 is 0. The number of rotatable bonds is 14. The van der Waals surface area contributed by atoms with Crippen LogP contribution in [0.25, 0.3) is 22.3 Å². The van der Waals surface area contributed by atoms with Gasteiger partial charge in [0, 0.05) is 25.7 Å². The third-order valence-electron chi connectivity index (χ3n) is 12.8. The van der Waals surface area contributed by atoms with E-state index in [2.05, 4.69) is 26.6 Å². The summed E-state index contributed by atoms with van der Waals surface area (Å²) in [5, 5.41) is 34.1. The highest BCUT2D eigenvalue weighted by molar-refractivity contribution is 5.96. The second-order valence-corrected chi connectivity index (χ2v) is 18.3. The molecule has 7 aromatic carbocycles. The number of aliphatic carboxylic acids is 1. The van der Waals surface area contributed by atoms with Gasteiger partial charge in [0.25, 0.3) is 5.91 Å². The van der Waals surface area contributed by atoms with Crippen LogP contribution in [-0.4, -0.2) is 82.5 Å². The summed E-state index contributed by atoms with van der Waals surface area (Å²) in [5.74, 6) is -4.51. The molecule has 7 N–H and O–H groups in total. The first kappa shape index (κ1) is 51.3. The van der Waals surface area contributed by atoms with Gasteiger partial charge in [0.15, 0.2) is 6.61 Å². The number of carbonyl (C=O) groups is 6. The summed E-state index contributed by atoms with van der Waals surface area (Å²) in [6.45, 7) is -0.463. The monoisotopic (exact) mass is 991 g/mol. The highest BCUT2D eigenvalue weighted by Gasteiger charge is 2.33. The molecule has 14 nitrogen and oxygen atoms in total. The molecule has 0 fully saturated rings. The number of hydrogen-bond donors (Lipinski definition) is 7. The van der Waals surface area contributed by atoms with Crippen LogP contribution in [0, 0.1) is 0 Å². The fourth-order valence-corrected chi connectivity index (χ4v) is 8.75. The van der Waals surface area contributed by atoms with E-state index >= 15 is 0 Å². The van der Waals surface area contributed by atoms with Crippen LogP contribution in [0.4, 0.5) is 0 Å². The SMILES string of the molecule is O=C1COc2ccc(cc2)C[C@@H](C(=O)N[C@@H](Cc2ccc(O)cc2)C(=O)O)NC(=O)[C@H](CCc2ccccc2)NC(=O)[C@@H](Cc2ccc(-c3ccccc3)cc2)NC(=O)[C@H](Cc2ccc(-c3ccccc3)cc2)N1. The second-order valence-electron chi connectivity index (χ2n) is 18.3. The Bertz CT molecular complexity index is 3010. The van der Waals surface area contributed by atoms with Crippen molar-refractivity contribution in [3.05, 3.63) is 216 Å². The lowest BCUT2D eigenvalue weighted by Crippen LogP contribution is -2.60. The molecular formula is C60H57N5O9. The Morgan fingerprint density at radius 1 is 0.527 bits per heavy atom. The molecule has 0 unspecified atom stereocenters. The first-order valence-corrected chi connectivity index (χ1v) is 24.5. The Morgan fingerprint density at radius 3 is 1.54 bits per heavy atom. The van der Waals surface area contributed by atoms with E-state index in [-0.39, 0.29) is 37.9 Å². The molecule has 376 valence electrons. The van der Waals surface area contributed by atoms with Gasteiger partial charge >= 0.3 is 5.97 Å². The number of carbonyl (C=O) groups excluding carboxylic acids is 5. The second kappa shape index (κ2) is 24.9. The maximum absolute atomic E-state index is 14.9. The van der Waals surface area contributed by atoms with E-state index in [1.807, 2.05) is 140 Å². The van der Waals surface area contributed by atoms with E-state index in [1.54, 1.807) is 36.4 Å². The number of aryl methyl sites for hydroxylation is 1. The minimum absolute atomic E-state index is 0.00810. The minimum Gasteiger partial charge on any atom is -0.508 e. The molecule has 2 bridgehead atoms. The number of hydrogen-bond acceptors (Lipinski definition) is 8. The molecule has 14 heteroatoms. The number of nitrogens with one attached hydrogen (secondary N) is 5. The molecule has 9 rings (SSSR count). The third kappa shape index (κ3) is 14.5. The first-order chi connectivity index (χ1) is 35.9. The number of benzene rings is 7. The Balaban J connectivity index is 1.12. The quantitative estimate of drug-likeness (QED) is 0.0590. The van der Waals surface area contributed by atoms with Crippen LogP contribution in [0.3, 0.4) is 0 Å². The number of fused-ring (bicyclic) bond motifs is 16. The van der Waals surface area contributed by atoms with Gasteiger partial charge in [0.1, 0.15) is 41.7 Å². The van der Waals surface area contributed by atoms with Crippen molar-refractivity contribution < 1.29 is 43.7 Å². The maximum Gasteiger partial charge on any atom is 0.326 e. The summed E-state index contributed by atoms with van der Waals surface area (Å²) in [4.78, 5) is 84.9. The Hall–Kier alpha value is -9.04. The van der Waals surface area contributed by atoms with Gasteiger partial charge in [-0.15, -0.1) is 0 Å². The zero-order valence-electron chi connectivity index (χ0n) is 40.5. The van der Waals surface area contributed by atoms with E-state index < -0.39 is 72.3 Å². The van der Waals surface area contributed by atoms with Crippen molar-refractivity contribution in [3.63, 3.8) is 0 Å². The highest BCUT2D eigenvalue weighted by atomic mass is 16.5. The number of amides is 5. The van der Waals surface area contributed by atoms with Gasteiger partial charge in [-0.2, -0.15) is 0 Å². The normalized spacial score (nSPS) is 17.9. The van der Waals surface area contributed by atoms with Crippen LogP contribution in [0.2, 0.25) is 0 Å². The molecule has 74 heavy (non-hydrogen) atoms. The summed E-state index contributed by atoms with van der Waals surface area (Å²) < 4.78 is 5.87. The molecule has 0 saturated heterocycles. The number of phenols is 1. The summed E-state index contributed by atoms with van der Waals surface area (Å²) in [7, 11) is 0. The van der Waals surface area contributed by atoms with E-state index in [0.29, 0.717) is 28.9 Å². The lowest BCUT2D eigenvalue weighted by molar-refractivity contribution is -0.142. The van der Waals surface area contributed by atoms with Crippen molar-refractivity contribution in [1.29, 1.82) is 0 Å². The summed E-state index contributed by atoms with van der Waals surface area (Å²) in [5.41, 5.74) is 7.30. The predicted octanol–water partition coefficient (Wildman–Crippen LogP) is 6.53. The topological polar surface area (TPSA) is 212 Å². The zero-order chi connectivity index (χ0) is 51.8. The van der Waals surface area contributed by atoms with E-state index in [0.717, 1.165) is 33.4 Å². The molecule has 0 saturated carbocycles. The first-order valence-electron chi connectivity index (χ1n) is 24.5. The van der Waals surface area contributed by atoms with E-state index in [4.69, 9.17) is 4.74 Å². The fourth-order valence-electron chi connectivity index (χ4n) is 8.75. The molecule has 0 aliphatic carbocycles. The predicted molar refractivity (Wildman–Crippen MR) is 281 cm³/mol. The lowest BCUT2D eigenvalue weighted by atomic mass is 9.98. The highest BCUT2D eigenvalue weighted by Crippen LogP contribution is 2.23. The van der Waals surface area contributed by atoms with Crippen LogP contribution in [0.1, 0.15) is 34.2 Å². The smallest absolute Gasteiger partial charge is 0.326 e. The summed E-state index contributed by atoms with van der Waals surface area (Å²) in [6.07, 6.45) is 0.233. The minimum atomic E-state index is -1.42. The van der Waals surface area contributed by atoms with Gasteiger partial charge < -0.3 is 41.5 Å². The molecule has 0 radical (unpaired) electrons. The van der Waals surface area contributed by atoms with E-state index in [9.17, 15) is 39.0 Å². The van der Waals surface area contributed by atoms with Crippen molar-refractivity contribution >= 4 is 35.5 Å². The average molecular weight is 992 g/mol. The van der Waals surface area contributed by atoms with Crippen LogP contribution >= 0.6 is 0 Å². The molecule has 7 aromatic rings. The molecule has 2 heterocycles. The van der Waals surface area contributed by atoms with Gasteiger partial charge in [-0.25, -0.2) is 4.79 Å². The van der Waals surface area contributed by atoms with E-state index in [1.165, 1.54) is 12.1 Å². The van der Waals surface area contributed by atoms with Crippen LogP contribution in [-0.2, 0) is 60.9 Å². The van der Waals surface area contributed by atoms with Gasteiger partial charge in [-0.1, -0.05) is 164 Å². The molecule has 5 amide bonds. The Kier molecular flexibility index (Phi) is 17.2. The molecular weight excluding hydrogens is 935 g/mol. The third-order valence-corrected chi connectivity index (χ3v) is 12.8. The molecule has 5 atom stereocenters. The zero-order valence-corrected chi connectivity index (χ0v) is 40.5. The van der Waals surface area contributed by atoms with Crippen molar-refractivity contribution in [2.24, 2.45) is 0 Å². The van der Waals surface area contributed by atoms with Crippen molar-refractivity contribution in [3.8, 4) is 33.8 Å². The number of carboxylic acid groups (broad SMARTS) is 1. The lowest BCUT2D eigenvalue weighted by Gasteiger charge is -2.27. The van der Waals surface area contributed by atoms with Crippen molar-refractivity contribution in [2.75, 3.05) is 6.61 Å². The van der Waals surface area contributed by atoms with Crippen LogP contribution < -0.4 is 31.3 Å². The average Bonchev–Trinajstić information content (AvgIpc) is 3.42. The largest absolute Gasteiger partial charge is 0.508 e. The number of aromatic hydroxyl groups is 1. The summed E-state index contributed by atoms with van der Waals surface area (Å²) in [6, 6.07) is 50.1. The van der Waals surface area contributed by atoms with Gasteiger partial charge in [0.2, 0.25) is 23.6 Å². The van der Waals surface area contributed by atoms with Gasteiger partial charge in [-0.05, 0) is 87.2 Å². The van der Waals surface area contributed by atoms with Crippen molar-refractivity contribution in [2.45, 2.75) is 68.7 Å². The fraction of sp³-hybridized carbons (Fsp3) is 0.200. The molecule has 0 spiro atoms. The number of phenolic OH excluding ortho intramolecular Hbond substituents is 1. The van der Waals surface area contributed by atoms with Crippen LogP contribution in [0.15, 0.2) is 188 Å². The van der Waals surface area contributed by atoms with Crippen molar-refractivity contribution in [1.82, 2.24) is 26.6 Å². The Labute approximate surface area is 429 Å². The van der Waals surface area contributed by atoms with Crippen LogP contribution in [0.5, 0.6) is 11.5 Å².